The Morgan fingerprint density at radius 3 is 2.64 bits per heavy atom. The molecule has 2 amide bonds. The first-order valence-electron chi connectivity index (χ1n) is 9.89. The van der Waals surface area contributed by atoms with Crippen LogP contribution < -0.4 is 15.4 Å². The highest BCUT2D eigenvalue weighted by Crippen LogP contribution is 2.25. The van der Waals surface area contributed by atoms with Gasteiger partial charge in [0.05, 0.1) is 7.11 Å². The number of nitrogens with one attached hydrogen (secondary N) is 2. The normalized spacial score (nSPS) is 14.7. The maximum atomic E-state index is 13.0. The van der Waals surface area contributed by atoms with E-state index in [9.17, 15) is 9.59 Å². The second kappa shape index (κ2) is 8.91. The fourth-order valence-corrected chi connectivity index (χ4v) is 3.56. The Morgan fingerprint density at radius 2 is 1.89 bits per heavy atom. The summed E-state index contributed by atoms with van der Waals surface area (Å²) in [5, 5.41) is 5.89. The van der Waals surface area contributed by atoms with Crippen molar-refractivity contribution in [1.82, 2.24) is 5.32 Å². The minimum atomic E-state index is -0.614. The lowest BCUT2D eigenvalue weighted by atomic mass is 9.97. The van der Waals surface area contributed by atoms with Crippen LogP contribution in [0.15, 0.2) is 42.5 Å². The number of anilines is 1. The molecule has 0 saturated heterocycles. The third kappa shape index (κ3) is 4.53. The molecule has 28 heavy (non-hydrogen) atoms. The van der Waals surface area contributed by atoms with Gasteiger partial charge in [0.15, 0.2) is 0 Å². The molecule has 2 aromatic carbocycles. The van der Waals surface area contributed by atoms with E-state index >= 15 is 0 Å². The average molecular weight is 380 g/mol. The Labute approximate surface area is 166 Å². The summed E-state index contributed by atoms with van der Waals surface area (Å²) >= 11 is 0. The molecular weight excluding hydrogens is 352 g/mol. The molecule has 0 fully saturated rings. The first kappa shape index (κ1) is 19.9. The van der Waals surface area contributed by atoms with Crippen LogP contribution in [0, 0.1) is 5.92 Å². The third-order valence-electron chi connectivity index (χ3n) is 5.48. The Kier molecular flexibility index (Phi) is 6.34. The van der Waals surface area contributed by atoms with Crippen molar-refractivity contribution in [2.75, 3.05) is 12.4 Å². The van der Waals surface area contributed by atoms with Gasteiger partial charge in [-0.25, -0.2) is 0 Å². The number of methoxy groups -OCH3 is 1. The van der Waals surface area contributed by atoms with Gasteiger partial charge in [-0.1, -0.05) is 32.4 Å². The molecule has 0 bridgehead atoms. The number of benzene rings is 2. The van der Waals surface area contributed by atoms with E-state index in [1.54, 1.807) is 31.4 Å². The molecule has 0 aliphatic heterocycles. The van der Waals surface area contributed by atoms with Crippen LogP contribution >= 0.6 is 0 Å². The molecule has 0 heterocycles. The van der Waals surface area contributed by atoms with Gasteiger partial charge < -0.3 is 15.4 Å². The van der Waals surface area contributed by atoms with Crippen molar-refractivity contribution in [2.45, 2.75) is 45.6 Å². The van der Waals surface area contributed by atoms with Crippen LogP contribution in [0.4, 0.5) is 5.69 Å². The van der Waals surface area contributed by atoms with Crippen LogP contribution in [-0.2, 0) is 17.6 Å². The van der Waals surface area contributed by atoms with Crippen LogP contribution in [0.2, 0.25) is 0 Å². The smallest absolute Gasteiger partial charge is 0.252 e. The lowest BCUT2D eigenvalue weighted by Crippen LogP contribution is -2.47. The molecule has 0 spiro atoms. The van der Waals surface area contributed by atoms with Gasteiger partial charge in [-0.3, -0.25) is 9.59 Å². The lowest BCUT2D eigenvalue weighted by molar-refractivity contribution is -0.119. The number of hydrogen-bond donors (Lipinski definition) is 2. The first-order chi connectivity index (χ1) is 13.5. The molecule has 1 aliphatic carbocycles. The van der Waals surface area contributed by atoms with Gasteiger partial charge in [0.1, 0.15) is 11.8 Å². The molecule has 1 aliphatic rings. The highest BCUT2D eigenvalue weighted by atomic mass is 16.5. The SMILES string of the molecule is CC[C@H](C)[C@H](NC(=O)c1cccc(OC)c1)C(=O)Nc1ccc2c(c1)CCC2. The van der Waals surface area contributed by atoms with E-state index in [0.717, 1.165) is 24.9 Å². The average Bonchev–Trinajstić information content (AvgIpc) is 3.19. The lowest BCUT2D eigenvalue weighted by Gasteiger charge is -2.24. The Balaban J connectivity index is 1.73. The van der Waals surface area contributed by atoms with Gasteiger partial charge in [-0.2, -0.15) is 0 Å². The number of amides is 2. The predicted octanol–water partition coefficient (Wildman–Crippen LogP) is 3.97. The predicted molar refractivity (Wildman–Crippen MR) is 111 cm³/mol. The standard InChI is InChI=1S/C23H28N2O3/c1-4-15(2)21(25-22(26)18-9-6-10-20(14-18)28-3)23(27)24-19-12-11-16-7-5-8-17(16)13-19/h6,9-15,21H,4-5,7-8H2,1-3H3,(H,24,27)(H,25,26)/t15-,21-/m0/s1. The summed E-state index contributed by atoms with van der Waals surface area (Å²) in [4.78, 5) is 25.7. The number of carbonyl (C=O) groups excluding carboxylic acids is 2. The molecule has 0 saturated carbocycles. The summed E-state index contributed by atoms with van der Waals surface area (Å²) in [5.41, 5.74) is 3.92. The van der Waals surface area contributed by atoms with Gasteiger partial charge in [-0.05, 0) is 66.6 Å². The van der Waals surface area contributed by atoms with E-state index in [4.69, 9.17) is 4.74 Å². The second-order valence-corrected chi connectivity index (χ2v) is 7.39. The Bertz CT molecular complexity index is 863. The first-order valence-corrected chi connectivity index (χ1v) is 9.89. The summed E-state index contributed by atoms with van der Waals surface area (Å²) < 4.78 is 5.18. The summed E-state index contributed by atoms with van der Waals surface area (Å²) in [6.45, 7) is 3.98. The van der Waals surface area contributed by atoms with Gasteiger partial charge in [0.2, 0.25) is 5.91 Å². The largest absolute Gasteiger partial charge is 0.497 e. The van der Waals surface area contributed by atoms with E-state index < -0.39 is 6.04 Å². The number of rotatable bonds is 7. The molecule has 0 aromatic heterocycles. The third-order valence-corrected chi connectivity index (χ3v) is 5.48. The van der Waals surface area contributed by atoms with E-state index in [0.29, 0.717) is 11.3 Å². The molecule has 5 heteroatoms. The van der Waals surface area contributed by atoms with Crippen molar-refractivity contribution < 1.29 is 14.3 Å². The molecule has 0 radical (unpaired) electrons. The van der Waals surface area contributed by atoms with E-state index in [-0.39, 0.29) is 17.7 Å². The quantitative estimate of drug-likeness (QED) is 0.764. The number of hydrogen-bond acceptors (Lipinski definition) is 3. The minimum Gasteiger partial charge on any atom is -0.497 e. The number of fused-ring (bicyclic) bond motifs is 1. The second-order valence-electron chi connectivity index (χ2n) is 7.39. The minimum absolute atomic E-state index is 0.00369. The maximum absolute atomic E-state index is 13.0. The van der Waals surface area contributed by atoms with Crippen LogP contribution in [-0.4, -0.2) is 25.0 Å². The van der Waals surface area contributed by atoms with Crippen LogP contribution in [0.1, 0.15) is 48.2 Å². The van der Waals surface area contributed by atoms with E-state index in [1.165, 1.54) is 17.5 Å². The summed E-state index contributed by atoms with van der Waals surface area (Å²) in [6.07, 6.45) is 4.11. The van der Waals surface area contributed by atoms with Crippen LogP contribution in [0.3, 0.4) is 0 Å². The summed E-state index contributed by atoms with van der Waals surface area (Å²) in [5.74, 6) is 0.135. The maximum Gasteiger partial charge on any atom is 0.252 e. The van der Waals surface area contributed by atoms with Crippen molar-refractivity contribution in [3.05, 3.63) is 59.2 Å². The van der Waals surface area contributed by atoms with Crippen molar-refractivity contribution >= 4 is 17.5 Å². The monoisotopic (exact) mass is 380 g/mol. The van der Waals surface area contributed by atoms with Crippen LogP contribution in [0.25, 0.3) is 0 Å². The Morgan fingerprint density at radius 1 is 1.11 bits per heavy atom. The van der Waals surface area contributed by atoms with E-state index in [1.807, 2.05) is 19.9 Å². The topological polar surface area (TPSA) is 67.4 Å². The Hall–Kier alpha value is -2.82. The number of carbonyl (C=O) groups is 2. The highest BCUT2D eigenvalue weighted by Gasteiger charge is 2.27. The van der Waals surface area contributed by atoms with Gasteiger partial charge >= 0.3 is 0 Å². The molecule has 5 nitrogen and oxygen atoms in total. The fraction of sp³-hybridized carbons (Fsp3) is 0.391. The van der Waals surface area contributed by atoms with Crippen molar-refractivity contribution in [3.8, 4) is 5.75 Å². The van der Waals surface area contributed by atoms with Gasteiger partial charge in [0.25, 0.3) is 5.91 Å². The molecule has 2 atom stereocenters. The zero-order valence-electron chi connectivity index (χ0n) is 16.7. The van der Waals surface area contributed by atoms with Crippen LogP contribution in [0.5, 0.6) is 5.75 Å². The van der Waals surface area contributed by atoms with Gasteiger partial charge in [-0.15, -0.1) is 0 Å². The molecule has 3 rings (SSSR count). The molecule has 0 unspecified atom stereocenters. The molecule has 148 valence electrons. The molecule has 2 N–H and O–H groups in total. The van der Waals surface area contributed by atoms with Crippen molar-refractivity contribution in [2.24, 2.45) is 5.92 Å². The van der Waals surface area contributed by atoms with E-state index in [2.05, 4.69) is 22.8 Å². The zero-order chi connectivity index (χ0) is 20.1. The summed E-state index contributed by atoms with van der Waals surface area (Å²) in [6, 6.07) is 12.4. The number of aryl methyl sites for hydroxylation is 2. The summed E-state index contributed by atoms with van der Waals surface area (Å²) in [7, 11) is 1.56. The molecular formula is C23H28N2O3. The van der Waals surface area contributed by atoms with Crippen molar-refractivity contribution in [3.63, 3.8) is 0 Å². The van der Waals surface area contributed by atoms with Crippen molar-refractivity contribution in [1.29, 1.82) is 0 Å². The molecule has 2 aromatic rings. The zero-order valence-corrected chi connectivity index (χ0v) is 16.7. The highest BCUT2D eigenvalue weighted by molar-refractivity contribution is 6.01. The number of ether oxygens (including phenoxy) is 1. The fourth-order valence-electron chi connectivity index (χ4n) is 3.56. The van der Waals surface area contributed by atoms with Gasteiger partial charge in [0, 0.05) is 11.3 Å².